The van der Waals surface area contributed by atoms with Gasteiger partial charge in [0.25, 0.3) is 5.91 Å². The fourth-order valence-corrected chi connectivity index (χ4v) is 3.49. The van der Waals surface area contributed by atoms with E-state index in [-0.39, 0.29) is 18.1 Å². The highest BCUT2D eigenvalue weighted by atomic mass is 32.2. The molecule has 0 aliphatic rings. The zero-order chi connectivity index (χ0) is 17.5. The summed E-state index contributed by atoms with van der Waals surface area (Å²) in [6.45, 7) is 2.08. The lowest BCUT2D eigenvalue weighted by molar-refractivity contribution is -0.142. The summed E-state index contributed by atoms with van der Waals surface area (Å²) < 4.78 is 7.16. The van der Waals surface area contributed by atoms with Gasteiger partial charge in [0.1, 0.15) is 5.69 Å². The topological polar surface area (TPSA) is 90.3 Å². The fraction of sp³-hybridized carbons (Fsp3) is 0.333. The molecule has 0 saturated heterocycles. The molecular formula is C15H17N3O4S2. The summed E-state index contributed by atoms with van der Waals surface area (Å²) in [6, 6.07) is 3.37. The molecule has 0 radical (unpaired) electrons. The highest BCUT2D eigenvalue weighted by Crippen LogP contribution is 2.22. The molecule has 0 aromatic carbocycles. The van der Waals surface area contributed by atoms with E-state index in [1.54, 1.807) is 42.2 Å². The Kier molecular flexibility index (Phi) is 6.56. The number of thioether (sulfide) groups is 1. The molecule has 9 heteroatoms. The lowest BCUT2D eigenvalue weighted by Gasteiger charge is -2.04. The summed E-state index contributed by atoms with van der Waals surface area (Å²) >= 11 is 2.56. The van der Waals surface area contributed by atoms with Crippen LogP contribution in [0.2, 0.25) is 0 Å². The number of thiazole rings is 1. The zero-order valence-corrected chi connectivity index (χ0v) is 14.9. The molecule has 0 saturated carbocycles. The summed E-state index contributed by atoms with van der Waals surface area (Å²) in [5.74, 6) is -1.09. The van der Waals surface area contributed by atoms with Gasteiger partial charge in [-0.15, -0.1) is 11.3 Å². The highest BCUT2D eigenvalue weighted by Gasteiger charge is 2.14. The number of imide groups is 1. The van der Waals surface area contributed by atoms with Gasteiger partial charge in [0.05, 0.1) is 24.5 Å². The van der Waals surface area contributed by atoms with E-state index >= 15 is 0 Å². The van der Waals surface area contributed by atoms with E-state index in [9.17, 15) is 14.4 Å². The van der Waals surface area contributed by atoms with Crippen molar-refractivity contribution in [2.24, 2.45) is 7.05 Å². The number of esters is 1. The van der Waals surface area contributed by atoms with Gasteiger partial charge in [0.15, 0.2) is 4.34 Å². The first kappa shape index (κ1) is 18.2. The molecule has 2 heterocycles. The van der Waals surface area contributed by atoms with Crippen LogP contribution in [0.25, 0.3) is 0 Å². The average Bonchev–Trinajstić information content (AvgIpc) is 3.14. The second-order valence-electron chi connectivity index (χ2n) is 4.76. The van der Waals surface area contributed by atoms with Crippen molar-refractivity contribution in [2.75, 3.05) is 12.4 Å². The first-order valence-corrected chi connectivity index (χ1v) is 9.04. The maximum atomic E-state index is 11.9. The number of hydrogen-bond donors (Lipinski definition) is 1. The molecule has 24 heavy (non-hydrogen) atoms. The second-order valence-corrected chi connectivity index (χ2v) is 6.84. The normalized spacial score (nSPS) is 10.4. The Hall–Kier alpha value is -2.13. The average molecular weight is 367 g/mol. The van der Waals surface area contributed by atoms with Crippen LogP contribution in [0.1, 0.15) is 23.1 Å². The predicted molar refractivity (Wildman–Crippen MR) is 91.1 cm³/mol. The van der Waals surface area contributed by atoms with Gasteiger partial charge in [0, 0.05) is 18.6 Å². The van der Waals surface area contributed by atoms with Gasteiger partial charge in [-0.1, -0.05) is 11.8 Å². The van der Waals surface area contributed by atoms with Crippen LogP contribution < -0.4 is 5.32 Å². The summed E-state index contributed by atoms with van der Waals surface area (Å²) in [4.78, 5) is 39.4. The van der Waals surface area contributed by atoms with Crippen LogP contribution in [-0.4, -0.2) is 39.7 Å². The van der Waals surface area contributed by atoms with Crippen LogP contribution in [0.5, 0.6) is 0 Å². The third-order valence-electron chi connectivity index (χ3n) is 2.92. The largest absolute Gasteiger partial charge is 0.466 e. The Balaban J connectivity index is 1.80. The monoisotopic (exact) mass is 367 g/mol. The van der Waals surface area contributed by atoms with Crippen molar-refractivity contribution < 1.29 is 19.1 Å². The third kappa shape index (κ3) is 5.20. The molecule has 0 fully saturated rings. The standard InChI is InChI=1S/C15H17N3O4S2/c1-3-22-13(20)7-10-8-23-15(16-10)24-9-12(19)17-14(21)11-5-4-6-18(11)2/h4-6,8H,3,7,9H2,1-2H3,(H,17,19,21). The van der Waals surface area contributed by atoms with Crippen LogP contribution in [0.3, 0.4) is 0 Å². The lowest BCUT2D eigenvalue weighted by atomic mass is 10.3. The Morgan fingerprint density at radius 1 is 1.42 bits per heavy atom. The van der Waals surface area contributed by atoms with Gasteiger partial charge in [-0.05, 0) is 19.1 Å². The molecule has 0 aliphatic carbocycles. The number of aromatic nitrogens is 2. The zero-order valence-electron chi connectivity index (χ0n) is 13.3. The number of rotatable bonds is 7. The highest BCUT2D eigenvalue weighted by molar-refractivity contribution is 8.01. The Bertz CT molecular complexity index is 739. The smallest absolute Gasteiger partial charge is 0.311 e. The maximum Gasteiger partial charge on any atom is 0.311 e. The van der Waals surface area contributed by atoms with Crippen LogP contribution in [0.4, 0.5) is 0 Å². The van der Waals surface area contributed by atoms with E-state index in [0.717, 1.165) is 0 Å². The maximum absolute atomic E-state index is 11.9. The van der Waals surface area contributed by atoms with Crippen LogP contribution in [0.15, 0.2) is 28.0 Å². The predicted octanol–water partition coefficient (Wildman–Crippen LogP) is 1.64. The number of ether oxygens (including phenoxy) is 1. The van der Waals surface area contributed by atoms with Crippen molar-refractivity contribution in [1.29, 1.82) is 0 Å². The Labute approximate surface area is 147 Å². The van der Waals surface area contributed by atoms with Crippen molar-refractivity contribution in [3.05, 3.63) is 35.1 Å². The summed E-state index contributed by atoms with van der Waals surface area (Å²) in [6.07, 6.45) is 1.85. The molecule has 0 unspecified atom stereocenters. The first-order valence-electron chi connectivity index (χ1n) is 7.18. The van der Waals surface area contributed by atoms with Crippen molar-refractivity contribution in [2.45, 2.75) is 17.7 Å². The summed E-state index contributed by atoms with van der Waals surface area (Å²) in [5, 5.41) is 4.09. The minimum absolute atomic E-state index is 0.0719. The SMILES string of the molecule is CCOC(=O)Cc1csc(SCC(=O)NC(=O)c2cccn2C)n1. The fourth-order valence-electron chi connectivity index (χ4n) is 1.85. The van der Waals surface area contributed by atoms with E-state index in [1.165, 1.54) is 23.1 Å². The molecule has 0 atom stereocenters. The van der Waals surface area contributed by atoms with Crippen LogP contribution >= 0.6 is 23.1 Å². The molecule has 128 valence electrons. The van der Waals surface area contributed by atoms with Crippen LogP contribution in [0, 0.1) is 0 Å². The minimum Gasteiger partial charge on any atom is -0.466 e. The molecule has 2 rings (SSSR count). The number of nitrogens with zero attached hydrogens (tertiary/aromatic N) is 2. The van der Waals surface area contributed by atoms with E-state index < -0.39 is 11.8 Å². The van der Waals surface area contributed by atoms with Crippen molar-refractivity contribution in [3.63, 3.8) is 0 Å². The molecule has 7 nitrogen and oxygen atoms in total. The molecule has 2 aromatic rings. The third-order valence-corrected chi connectivity index (χ3v) is 4.99. The van der Waals surface area contributed by atoms with Crippen molar-refractivity contribution >= 4 is 40.9 Å². The molecule has 2 amide bonds. The molecule has 0 bridgehead atoms. The van der Waals surface area contributed by atoms with Gasteiger partial charge in [-0.25, -0.2) is 4.98 Å². The quantitative estimate of drug-likeness (QED) is 0.591. The summed E-state index contributed by atoms with van der Waals surface area (Å²) in [5.41, 5.74) is 1.03. The van der Waals surface area contributed by atoms with E-state index in [1.807, 2.05) is 0 Å². The minimum atomic E-state index is -0.435. The van der Waals surface area contributed by atoms with Gasteiger partial charge in [-0.2, -0.15) is 0 Å². The number of nitrogens with one attached hydrogen (secondary N) is 1. The van der Waals surface area contributed by atoms with Crippen molar-refractivity contribution in [3.8, 4) is 0 Å². The van der Waals surface area contributed by atoms with Gasteiger partial charge < -0.3 is 9.30 Å². The van der Waals surface area contributed by atoms with E-state index in [2.05, 4.69) is 10.3 Å². The molecule has 0 spiro atoms. The van der Waals surface area contributed by atoms with E-state index in [0.29, 0.717) is 22.3 Å². The number of carbonyl (C=O) groups is 3. The first-order chi connectivity index (χ1) is 11.5. The van der Waals surface area contributed by atoms with Gasteiger partial charge >= 0.3 is 5.97 Å². The molecule has 1 N–H and O–H groups in total. The number of amides is 2. The molecule has 2 aromatic heterocycles. The molecule has 0 aliphatic heterocycles. The number of carbonyl (C=O) groups excluding carboxylic acids is 3. The Morgan fingerprint density at radius 2 is 2.21 bits per heavy atom. The van der Waals surface area contributed by atoms with Gasteiger partial charge in [0.2, 0.25) is 5.91 Å². The Morgan fingerprint density at radius 3 is 2.88 bits per heavy atom. The van der Waals surface area contributed by atoms with E-state index in [4.69, 9.17) is 4.74 Å². The second kappa shape index (κ2) is 8.65. The van der Waals surface area contributed by atoms with Crippen molar-refractivity contribution in [1.82, 2.24) is 14.9 Å². The van der Waals surface area contributed by atoms with Crippen LogP contribution in [-0.2, 0) is 27.8 Å². The van der Waals surface area contributed by atoms with Gasteiger partial charge in [-0.3, -0.25) is 19.7 Å². The number of aryl methyl sites for hydroxylation is 1. The lowest BCUT2D eigenvalue weighted by Crippen LogP contribution is -2.32. The number of hydrogen-bond acceptors (Lipinski definition) is 7. The molecular weight excluding hydrogens is 350 g/mol. The summed E-state index contributed by atoms with van der Waals surface area (Å²) in [7, 11) is 1.73.